The molecule has 0 N–H and O–H groups in total. The molecule has 4 rings (SSSR count). The van der Waals surface area contributed by atoms with Crippen LogP contribution in [0.2, 0.25) is 0 Å². The van der Waals surface area contributed by atoms with E-state index in [1.165, 1.54) is 17.7 Å². The predicted octanol–water partition coefficient (Wildman–Crippen LogP) is 4.22. The lowest BCUT2D eigenvalue weighted by Crippen LogP contribution is -2.34. The fourth-order valence-electron chi connectivity index (χ4n) is 3.46. The highest BCUT2D eigenvalue weighted by molar-refractivity contribution is 5.92. The van der Waals surface area contributed by atoms with E-state index < -0.39 is 11.5 Å². The largest absolute Gasteiger partial charge is 0.273 e. The van der Waals surface area contributed by atoms with Crippen LogP contribution in [-0.2, 0) is 11.3 Å². The van der Waals surface area contributed by atoms with Gasteiger partial charge in [0, 0.05) is 12.5 Å². The molecular formula is C27H21N5O2. The molecule has 34 heavy (non-hydrogen) atoms. The maximum atomic E-state index is 13.5. The highest BCUT2D eigenvalue weighted by Gasteiger charge is 2.24. The molecule has 0 aliphatic heterocycles. The van der Waals surface area contributed by atoms with Crippen molar-refractivity contribution in [3.8, 4) is 17.3 Å². The molecule has 0 fully saturated rings. The van der Waals surface area contributed by atoms with Gasteiger partial charge in [-0.1, -0.05) is 91.0 Å². The van der Waals surface area contributed by atoms with E-state index in [9.17, 15) is 14.9 Å². The van der Waals surface area contributed by atoms with Crippen LogP contribution in [0.15, 0.2) is 101 Å². The maximum Gasteiger partial charge on any atom is 0.273 e. The fourth-order valence-corrected chi connectivity index (χ4v) is 3.46. The molecule has 0 atom stereocenters. The van der Waals surface area contributed by atoms with E-state index in [1.54, 1.807) is 24.3 Å². The van der Waals surface area contributed by atoms with E-state index in [0.29, 0.717) is 5.56 Å². The Hall–Kier alpha value is -4.83. The van der Waals surface area contributed by atoms with Crippen LogP contribution in [0.25, 0.3) is 11.3 Å². The molecule has 1 aromatic heterocycles. The minimum absolute atomic E-state index is 0.0337. The van der Waals surface area contributed by atoms with E-state index >= 15 is 0 Å². The van der Waals surface area contributed by atoms with Gasteiger partial charge in [-0.15, -0.1) is 0 Å². The van der Waals surface area contributed by atoms with Crippen LogP contribution in [0, 0.1) is 11.3 Å². The van der Waals surface area contributed by atoms with Crippen LogP contribution < -0.4 is 10.6 Å². The molecule has 1 amide bonds. The quantitative estimate of drug-likeness (QED) is 0.327. The average molecular weight is 447 g/mol. The molecule has 3 aromatic carbocycles. The number of amides is 1. The zero-order valence-electron chi connectivity index (χ0n) is 18.5. The standard InChI is InChI=1S/C27H21N5O2/c1-20(33)32(29-18-21-11-5-2-6-12-21)27-30-25(23-15-9-4-10-16-23)24(17-28)26(34)31(27)19-22-13-7-3-8-14-22/h2-16,18H,19H2,1H3/b29-18+. The Kier molecular flexibility index (Phi) is 6.70. The van der Waals surface area contributed by atoms with Gasteiger partial charge < -0.3 is 0 Å². The van der Waals surface area contributed by atoms with Crippen LogP contribution in [0.5, 0.6) is 0 Å². The van der Waals surface area contributed by atoms with Gasteiger partial charge in [0.15, 0.2) is 0 Å². The summed E-state index contributed by atoms with van der Waals surface area (Å²) in [4.78, 5) is 30.8. The maximum absolute atomic E-state index is 13.5. The van der Waals surface area contributed by atoms with Gasteiger partial charge in [0.05, 0.1) is 18.5 Å². The Morgan fingerprint density at radius 2 is 1.59 bits per heavy atom. The van der Waals surface area contributed by atoms with Crippen molar-refractivity contribution in [1.29, 1.82) is 5.26 Å². The number of rotatable bonds is 6. The molecule has 0 aliphatic carbocycles. The minimum Gasteiger partial charge on any atom is -0.273 e. The summed E-state index contributed by atoms with van der Waals surface area (Å²) >= 11 is 0. The zero-order valence-corrected chi connectivity index (χ0v) is 18.5. The van der Waals surface area contributed by atoms with Crippen LogP contribution in [0.4, 0.5) is 5.95 Å². The van der Waals surface area contributed by atoms with Gasteiger partial charge in [0.25, 0.3) is 5.56 Å². The molecule has 0 saturated carbocycles. The molecule has 7 nitrogen and oxygen atoms in total. The van der Waals surface area contributed by atoms with Crippen molar-refractivity contribution in [2.45, 2.75) is 13.5 Å². The molecule has 0 aliphatic rings. The van der Waals surface area contributed by atoms with E-state index in [4.69, 9.17) is 0 Å². The average Bonchev–Trinajstić information content (AvgIpc) is 2.87. The second-order valence-corrected chi connectivity index (χ2v) is 7.48. The highest BCUT2D eigenvalue weighted by atomic mass is 16.2. The van der Waals surface area contributed by atoms with Gasteiger partial charge in [-0.3, -0.25) is 14.2 Å². The number of anilines is 1. The number of nitriles is 1. The molecule has 7 heteroatoms. The molecular weight excluding hydrogens is 426 g/mol. The van der Waals surface area contributed by atoms with E-state index in [1.807, 2.05) is 72.8 Å². The number of carbonyl (C=O) groups excluding carboxylic acids is 1. The molecule has 0 spiro atoms. The first-order chi connectivity index (χ1) is 16.6. The lowest BCUT2D eigenvalue weighted by Gasteiger charge is -2.21. The summed E-state index contributed by atoms with van der Waals surface area (Å²) in [6, 6.07) is 29.5. The summed E-state index contributed by atoms with van der Waals surface area (Å²) in [6.45, 7) is 1.47. The lowest BCUT2D eigenvalue weighted by molar-refractivity contribution is -0.116. The first-order valence-corrected chi connectivity index (χ1v) is 10.6. The SMILES string of the molecule is CC(=O)N(/N=C/c1ccccc1)c1nc(-c2ccccc2)c(C#N)c(=O)n1Cc1ccccc1. The molecule has 0 saturated heterocycles. The lowest BCUT2D eigenvalue weighted by atomic mass is 10.1. The Morgan fingerprint density at radius 3 is 2.18 bits per heavy atom. The third kappa shape index (κ3) is 4.81. The predicted molar refractivity (Wildman–Crippen MR) is 131 cm³/mol. The van der Waals surface area contributed by atoms with Crippen LogP contribution in [0.3, 0.4) is 0 Å². The van der Waals surface area contributed by atoms with Gasteiger partial charge in [0.2, 0.25) is 11.9 Å². The topological polar surface area (TPSA) is 91.3 Å². The summed E-state index contributed by atoms with van der Waals surface area (Å²) in [5, 5.41) is 15.3. The molecule has 0 unspecified atom stereocenters. The zero-order chi connectivity index (χ0) is 23.9. The second-order valence-electron chi connectivity index (χ2n) is 7.48. The molecule has 0 bridgehead atoms. The fraction of sp³-hybridized carbons (Fsp3) is 0.0741. The van der Waals surface area contributed by atoms with Crippen molar-refractivity contribution in [2.75, 3.05) is 5.01 Å². The van der Waals surface area contributed by atoms with Crippen molar-refractivity contribution < 1.29 is 4.79 Å². The molecule has 4 aromatic rings. The van der Waals surface area contributed by atoms with Gasteiger partial charge in [-0.25, -0.2) is 4.98 Å². The number of carbonyl (C=O) groups is 1. The first kappa shape index (κ1) is 22.4. The van der Waals surface area contributed by atoms with Crippen LogP contribution in [0.1, 0.15) is 23.6 Å². The molecule has 0 radical (unpaired) electrons. The number of nitrogens with zero attached hydrogens (tertiary/aromatic N) is 5. The van der Waals surface area contributed by atoms with E-state index in [0.717, 1.165) is 16.1 Å². The summed E-state index contributed by atoms with van der Waals surface area (Å²) in [5.74, 6) is -0.393. The van der Waals surface area contributed by atoms with Gasteiger partial charge in [-0.05, 0) is 11.1 Å². The second kappa shape index (κ2) is 10.2. The van der Waals surface area contributed by atoms with E-state index in [-0.39, 0.29) is 23.8 Å². The van der Waals surface area contributed by atoms with Crippen molar-refractivity contribution in [1.82, 2.24) is 9.55 Å². The van der Waals surface area contributed by atoms with Crippen molar-refractivity contribution in [3.63, 3.8) is 0 Å². The summed E-state index contributed by atoms with van der Waals surface area (Å²) < 4.78 is 1.31. The molecule has 1 heterocycles. The minimum atomic E-state index is -0.545. The smallest absolute Gasteiger partial charge is 0.273 e. The van der Waals surface area contributed by atoms with E-state index in [2.05, 4.69) is 10.1 Å². The Morgan fingerprint density at radius 1 is 1.00 bits per heavy atom. The highest BCUT2D eigenvalue weighted by Crippen LogP contribution is 2.23. The summed E-state index contributed by atoms with van der Waals surface area (Å²) in [6.07, 6.45) is 1.53. The van der Waals surface area contributed by atoms with Gasteiger partial charge >= 0.3 is 0 Å². The Bertz CT molecular complexity index is 1420. The van der Waals surface area contributed by atoms with Crippen molar-refractivity contribution in [2.24, 2.45) is 5.10 Å². The summed E-state index contributed by atoms with van der Waals surface area (Å²) in [7, 11) is 0. The number of aromatic nitrogens is 2. The number of hydrogen-bond donors (Lipinski definition) is 0. The van der Waals surface area contributed by atoms with Crippen LogP contribution >= 0.6 is 0 Å². The van der Waals surface area contributed by atoms with Crippen molar-refractivity contribution in [3.05, 3.63) is 118 Å². The number of benzene rings is 3. The third-order valence-electron chi connectivity index (χ3n) is 5.10. The number of hydrogen-bond acceptors (Lipinski definition) is 5. The first-order valence-electron chi connectivity index (χ1n) is 10.6. The number of hydrazone groups is 1. The van der Waals surface area contributed by atoms with Crippen LogP contribution in [-0.4, -0.2) is 21.7 Å². The summed E-state index contributed by atoms with van der Waals surface area (Å²) in [5.41, 5.74) is 1.76. The van der Waals surface area contributed by atoms with Gasteiger partial charge in [-0.2, -0.15) is 15.4 Å². The monoisotopic (exact) mass is 447 g/mol. The third-order valence-corrected chi connectivity index (χ3v) is 5.10. The van der Waals surface area contributed by atoms with Crippen molar-refractivity contribution >= 4 is 18.1 Å². The van der Waals surface area contributed by atoms with Gasteiger partial charge in [0.1, 0.15) is 11.6 Å². The Labute approximate surface area is 196 Å². The molecule has 166 valence electrons. The normalized spacial score (nSPS) is 10.7. The Balaban J connectivity index is 1.94.